The molecule has 1 aromatic carbocycles. The number of fused-ring (bicyclic) bond motifs is 1. The third kappa shape index (κ3) is 2.93. The number of nitrogens with zero attached hydrogens (tertiary/aromatic N) is 1. The summed E-state index contributed by atoms with van der Waals surface area (Å²) in [4.78, 5) is 17.4. The zero-order valence-electron chi connectivity index (χ0n) is 14.7. The summed E-state index contributed by atoms with van der Waals surface area (Å²) in [5, 5.41) is 21.0. The van der Waals surface area contributed by atoms with Crippen molar-refractivity contribution >= 4 is 16.8 Å². The van der Waals surface area contributed by atoms with Gasteiger partial charge in [0.25, 0.3) is 5.91 Å². The minimum absolute atomic E-state index is 0.0827. The molecule has 0 saturated carbocycles. The van der Waals surface area contributed by atoms with Crippen molar-refractivity contribution in [2.24, 2.45) is 5.41 Å². The van der Waals surface area contributed by atoms with E-state index in [1.165, 1.54) is 6.07 Å². The zero-order valence-corrected chi connectivity index (χ0v) is 14.7. The maximum absolute atomic E-state index is 14.0. The molecule has 0 unspecified atom stereocenters. The summed E-state index contributed by atoms with van der Waals surface area (Å²) in [5.41, 5.74) is 0.866. The van der Waals surface area contributed by atoms with Gasteiger partial charge in [-0.05, 0) is 31.4 Å². The van der Waals surface area contributed by atoms with Crippen molar-refractivity contribution in [3.05, 3.63) is 35.3 Å². The molecule has 2 atom stereocenters. The molecule has 1 saturated heterocycles. The molecule has 1 aliphatic heterocycles. The van der Waals surface area contributed by atoms with E-state index in [0.717, 1.165) is 12.8 Å². The first-order valence-electron chi connectivity index (χ1n) is 8.78. The highest BCUT2D eigenvalue weighted by Crippen LogP contribution is 2.36. The molecule has 3 N–H and O–H groups in total. The molecule has 6 heteroatoms. The number of aliphatic hydroxyl groups excluding tert-OH is 2. The van der Waals surface area contributed by atoms with Crippen LogP contribution in [-0.4, -0.2) is 51.8 Å². The van der Waals surface area contributed by atoms with Crippen molar-refractivity contribution < 1.29 is 19.4 Å². The van der Waals surface area contributed by atoms with Crippen molar-refractivity contribution in [1.82, 2.24) is 9.88 Å². The number of H-pyrrole nitrogens is 1. The number of aromatic amines is 1. The van der Waals surface area contributed by atoms with E-state index in [2.05, 4.69) is 4.98 Å². The van der Waals surface area contributed by atoms with Gasteiger partial charge in [-0.3, -0.25) is 4.79 Å². The molecule has 0 bridgehead atoms. The van der Waals surface area contributed by atoms with E-state index in [1.807, 2.05) is 6.92 Å². The summed E-state index contributed by atoms with van der Waals surface area (Å²) < 4.78 is 14.0. The Kier molecular flexibility index (Phi) is 4.84. The zero-order chi connectivity index (χ0) is 18.2. The van der Waals surface area contributed by atoms with Crippen LogP contribution in [0, 0.1) is 18.2 Å². The number of benzene rings is 1. The molecule has 1 aliphatic rings. The number of β-amino-alcohol motifs (C(OH)–C–C–N with tert-alkyl or cyclic N) is 1. The molecule has 0 aliphatic carbocycles. The van der Waals surface area contributed by atoms with Crippen molar-refractivity contribution in [2.45, 2.75) is 39.2 Å². The lowest BCUT2D eigenvalue weighted by molar-refractivity contribution is -0.0714. The number of aryl methyl sites for hydroxylation is 1. The molecule has 5 nitrogen and oxygen atoms in total. The molecular weight excluding hydrogens is 323 g/mol. The van der Waals surface area contributed by atoms with Gasteiger partial charge in [-0.2, -0.15) is 0 Å². The second kappa shape index (κ2) is 6.77. The summed E-state index contributed by atoms with van der Waals surface area (Å²) in [6.45, 7) is 4.37. The summed E-state index contributed by atoms with van der Waals surface area (Å²) in [7, 11) is 0. The lowest BCUT2D eigenvalue weighted by Crippen LogP contribution is -2.54. The number of para-hydroxylation sites is 1. The van der Waals surface area contributed by atoms with Crippen LogP contribution in [0.2, 0.25) is 0 Å². The minimum Gasteiger partial charge on any atom is -0.396 e. The van der Waals surface area contributed by atoms with E-state index in [4.69, 9.17) is 0 Å². The topological polar surface area (TPSA) is 76.6 Å². The average molecular weight is 348 g/mol. The van der Waals surface area contributed by atoms with Gasteiger partial charge in [0.15, 0.2) is 0 Å². The molecule has 2 aromatic rings. The molecule has 0 spiro atoms. The van der Waals surface area contributed by atoms with Gasteiger partial charge in [0, 0.05) is 23.9 Å². The Morgan fingerprint density at radius 2 is 2.24 bits per heavy atom. The predicted molar refractivity (Wildman–Crippen MR) is 93.9 cm³/mol. The average Bonchev–Trinajstić information content (AvgIpc) is 2.95. The molecular formula is C19H25FN2O3. The molecule has 1 amide bonds. The summed E-state index contributed by atoms with van der Waals surface area (Å²) in [5.74, 6) is -0.629. The molecule has 1 aromatic heterocycles. The number of amides is 1. The summed E-state index contributed by atoms with van der Waals surface area (Å²) in [6.07, 6.45) is 1.38. The number of rotatable bonds is 4. The van der Waals surface area contributed by atoms with E-state index >= 15 is 0 Å². The van der Waals surface area contributed by atoms with Gasteiger partial charge in [0.2, 0.25) is 0 Å². The van der Waals surface area contributed by atoms with Gasteiger partial charge in [-0.15, -0.1) is 0 Å². The Morgan fingerprint density at radius 1 is 1.48 bits per heavy atom. The highest BCUT2D eigenvalue weighted by atomic mass is 19.1. The standard InChI is InChI=1S/C19H25FN2O3/c1-3-7-19(11-23)8-9-22(10-15(19)24)18(25)16-12(2)13-5-4-6-14(20)17(13)21-16/h4-6,15,21,23-24H,3,7-11H2,1-2H3/t15-,19-/m1/s1. The minimum atomic E-state index is -0.767. The van der Waals surface area contributed by atoms with Crippen LogP contribution in [0.3, 0.4) is 0 Å². The van der Waals surface area contributed by atoms with Crippen LogP contribution in [0.4, 0.5) is 4.39 Å². The molecule has 1 fully saturated rings. The van der Waals surface area contributed by atoms with Crippen LogP contribution in [-0.2, 0) is 0 Å². The van der Waals surface area contributed by atoms with E-state index in [1.54, 1.807) is 24.0 Å². The molecule has 2 heterocycles. The third-order valence-corrected chi connectivity index (χ3v) is 5.59. The van der Waals surface area contributed by atoms with Crippen molar-refractivity contribution in [2.75, 3.05) is 19.7 Å². The Hall–Kier alpha value is -1.92. The van der Waals surface area contributed by atoms with E-state index in [0.29, 0.717) is 35.1 Å². The number of hydrogen-bond donors (Lipinski definition) is 3. The van der Waals surface area contributed by atoms with Gasteiger partial charge in [-0.25, -0.2) is 4.39 Å². The van der Waals surface area contributed by atoms with E-state index in [-0.39, 0.29) is 24.9 Å². The first kappa shape index (κ1) is 17.9. The van der Waals surface area contributed by atoms with Crippen LogP contribution in [0.15, 0.2) is 18.2 Å². The monoisotopic (exact) mass is 348 g/mol. The number of aliphatic hydroxyl groups is 2. The highest BCUT2D eigenvalue weighted by molar-refractivity contribution is 6.01. The van der Waals surface area contributed by atoms with Crippen LogP contribution < -0.4 is 0 Å². The van der Waals surface area contributed by atoms with Gasteiger partial charge in [0.1, 0.15) is 11.5 Å². The lowest BCUT2D eigenvalue weighted by atomic mass is 9.73. The fourth-order valence-corrected chi connectivity index (χ4v) is 3.94. The predicted octanol–water partition coefficient (Wildman–Crippen LogP) is 2.60. The number of carbonyl (C=O) groups is 1. The fourth-order valence-electron chi connectivity index (χ4n) is 3.94. The molecule has 3 rings (SSSR count). The fraction of sp³-hybridized carbons (Fsp3) is 0.526. The van der Waals surface area contributed by atoms with Gasteiger partial charge in [0.05, 0.1) is 18.2 Å². The van der Waals surface area contributed by atoms with Crippen LogP contribution >= 0.6 is 0 Å². The van der Waals surface area contributed by atoms with E-state index < -0.39 is 11.5 Å². The normalized spacial score (nSPS) is 24.0. The summed E-state index contributed by atoms with van der Waals surface area (Å²) in [6, 6.07) is 4.76. The highest BCUT2D eigenvalue weighted by Gasteiger charge is 2.42. The third-order valence-electron chi connectivity index (χ3n) is 5.59. The van der Waals surface area contributed by atoms with Crippen molar-refractivity contribution in [1.29, 1.82) is 0 Å². The number of likely N-dealkylation sites (tertiary alicyclic amines) is 1. The second-order valence-electron chi connectivity index (χ2n) is 7.07. The van der Waals surface area contributed by atoms with Crippen LogP contribution in [0.5, 0.6) is 0 Å². The van der Waals surface area contributed by atoms with Gasteiger partial charge < -0.3 is 20.1 Å². The van der Waals surface area contributed by atoms with Gasteiger partial charge >= 0.3 is 0 Å². The first-order chi connectivity index (χ1) is 11.9. The first-order valence-corrected chi connectivity index (χ1v) is 8.78. The summed E-state index contributed by atoms with van der Waals surface area (Å²) >= 11 is 0. The number of piperidine rings is 1. The second-order valence-corrected chi connectivity index (χ2v) is 7.07. The maximum atomic E-state index is 14.0. The van der Waals surface area contributed by atoms with Crippen molar-refractivity contribution in [3.63, 3.8) is 0 Å². The Balaban J connectivity index is 1.86. The smallest absolute Gasteiger partial charge is 0.270 e. The number of carbonyl (C=O) groups excluding carboxylic acids is 1. The maximum Gasteiger partial charge on any atom is 0.270 e. The van der Waals surface area contributed by atoms with E-state index in [9.17, 15) is 19.4 Å². The molecule has 25 heavy (non-hydrogen) atoms. The number of halogens is 1. The number of nitrogens with one attached hydrogen (secondary N) is 1. The number of hydrogen-bond acceptors (Lipinski definition) is 3. The van der Waals surface area contributed by atoms with Crippen LogP contribution in [0.1, 0.15) is 42.2 Å². The molecule has 0 radical (unpaired) electrons. The SMILES string of the molecule is CCC[C@]1(CO)CCN(C(=O)c2[nH]c3c(F)cccc3c2C)C[C@H]1O. The Labute approximate surface area is 146 Å². The Bertz CT molecular complexity index is 788. The Morgan fingerprint density at radius 3 is 2.84 bits per heavy atom. The van der Waals surface area contributed by atoms with Crippen molar-refractivity contribution in [3.8, 4) is 0 Å². The lowest BCUT2D eigenvalue weighted by Gasteiger charge is -2.44. The molecule has 136 valence electrons. The number of aromatic nitrogens is 1. The van der Waals surface area contributed by atoms with Crippen LogP contribution in [0.25, 0.3) is 10.9 Å². The quantitative estimate of drug-likeness (QED) is 0.795. The largest absolute Gasteiger partial charge is 0.396 e. The van der Waals surface area contributed by atoms with Gasteiger partial charge in [-0.1, -0.05) is 25.5 Å².